The van der Waals surface area contributed by atoms with Crippen molar-refractivity contribution in [3.8, 4) is 11.3 Å². The van der Waals surface area contributed by atoms with Crippen molar-refractivity contribution in [1.29, 1.82) is 0 Å². The number of nitrogens with zero attached hydrogens (tertiary/aromatic N) is 1. The third kappa shape index (κ3) is 2.94. The number of rotatable bonds is 4. The van der Waals surface area contributed by atoms with Crippen molar-refractivity contribution in [2.45, 2.75) is 19.9 Å². The second kappa shape index (κ2) is 5.87. The van der Waals surface area contributed by atoms with Crippen LogP contribution >= 0.6 is 27.5 Å². The Bertz CT molecular complexity index is 542. The maximum Gasteiger partial charge on any atom is 0.211 e. The predicted molar refractivity (Wildman–Crippen MR) is 76.7 cm³/mol. The molecular formula is C13H14BrClN2O. The SMILES string of the molecule is CCNC(C)c1ncc(-c2cc(Cl)ccc2Br)o1. The fourth-order valence-corrected chi connectivity index (χ4v) is 2.31. The van der Waals surface area contributed by atoms with E-state index in [-0.39, 0.29) is 6.04 Å². The van der Waals surface area contributed by atoms with Gasteiger partial charge in [0.05, 0.1) is 12.2 Å². The van der Waals surface area contributed by atoms with Crippen molar-refractivity contribution in [3.63, 3.8) is 0 Å². The summed E-state index contributed by atoms with van der Waals surface area (Å²) in [5.74, 6) is 1.39. The number of aromatic nitrogens is 1. The van der Waals surface area contributed by atoms with Crippen molar-refractivity contribution in [2.75, 3.05) is 6.54 Å². The molecule has 1 N–H and O–H groups in total. The lowest BCUT2D eigenvalue weighted by atomic mass is 10.2. The molecule has 0 aliphatic heterocycles. The molecule has 96 valence electrons. The normalized spacial score (nSPS) is 12.7. The van der Waals surface area contributed by atoms with Gasteiger partial charge in [0, 0.05) is 15.1 Å². The molecule has 1 aromatic heterocycles. The summed E-state index contributed by atoms with van der Waals surface area (Å²) in [7, 11) is 0. The van der Waals surface area contributed by atoms with Gasteiger partial charge in [-0.2, -0.15) is 0 Å². The van der Waals surface area contributed by atoms with Gasteiger partial charge in [-0.15, -0.1) is 0 Å². The van der Waals surface area contributed by atoms with Crippen LogP contribution in [0.1, 0.15) is 25.8 Å². The van der Waals surface area contributed by atoms with E-state index in [4.69, 9.17) is 16.0 Å². The molecule has 0 fully saturated rings. The standard InChI is InChI=1S/C13H14BrClN2O/c1-3-16-8(2)13-17-7-12(18-13)10-6-9(15)4-5-11(10)14/h4-8,16H,3H2,1-2H3. The maximum absolute atomic E-state index is 5.99. The zero-order valence-corrected chi connectivity index (χ0v) is 12.5. The molecule has 5 heteroatoms. The fraction of sp³-hybridized carbons (Fsp3) is 0.308. The molecule has 3 nitrogen and oxygen atoms in total. The molecule has 0 radical (unpaired) electrons. The smallest absolute Gasteiger partial charge is 0.211 e. The average molecular weight is 330 g/mol. The van der Waals surface area contributed by atoms with Crippen LogP contribution in [0.3, 0.4) is 0 Å². The van der Waals surface area contributed by atoms with Gasteiger partial charge in [0.25, 0.3) is 0 Å². The Labute approximate surface area is 120 Å². The Morgan fingerprint density at radius 3 is 3.00 bits per heavy atom. The molecule has 0 spiro atoms. The van der Waals surface area contributed by atoms with Gasteiger partial charge in [-0.25, -0.2) is 4.98 Å². The lowest BCUT2D eigenvalue weighted by Crippen LogP contribution is -2.17. The monoisotopic (exact) mass is 328 g/mol. The van der Waals surface area contributed by atoms with Gasteiger partial charge in [-0.1, -0.05) is 34.5 Å². The van der Waals surface area contributed by atoms with E-state index in [1.807, 2.05) is 32.0 Å². The minimum atomic E-state index is 0.0988. The Morgan fingerprint density at radius 2 is 2.28 bits per heavy atom. The number of hydrogen-bond acceptors (Lipinski definition) is 3. The summed E-state index contributed by atoms with van der Waals surface area (Å²) >= 11 is 9.47. The Morgan fingerprint density at radius 1 is 1.50 bits per heavy atom. The van der Waals surface area contributed by atoms with Crippen LogP contribution in [0.25, 0.3) is 11.3 Å². The summed E-state index contributed by atoms with van der Waals surface area (Å²) in [4.78, 5) is 4.29. The molecule has 1 atom stereocenters. The molecule has 0 aliphatic rings. The van der Waals surface area contributed by atoms with Crippen molar-refractivity contribution < 1.29 is 4.42 Å². The van der Waals surface area contributed by atoms with E-state index in [1.54, 1.807) is 6.20 Å². The van der Waals surface area contributed by atoms with Crippen LogP contribution in [-0.2, 0) is 0 Å². The van der Waals surface area contributed by atoms with Gasteiger partial charge in [-0.05, 0) is 31.7 Å². The van der Waals surface area contributed by atoms with Gasteiger partial charge < -0.3 is 9.73 Å². The minimum Gasteiger partial charge on any atom is -0.439 e. The van der Waals surface area contributed by atoms with Gasteiger partial charge in [0.2, 0.25) is 5.89 Å². The molecule has 1 unspecified atom stereocenters. The van der Waals surface area contributed by atoms with E-state index >= 15 is 0 Å². The molecule has 0 saturated carbocycles. The summed E-state index contributed by atoms with van der Waals surface area (Å²) in [5, 5.41) is 3.93. The first-order valence-electron chi connectivity index (χ1n) is 5.76. The van der Waals surface area contributed by atoms with Crippen molar-refractivity contribution in [2.24, 2.45) is 0 Å². The number of hydrogen-bond donors (Lipinski definition) is 1. The second-order valence-electron chi connectivity index (χ2n) is 3.97. The summed E-state index contributed by atoms with van der Waals surface area (Å²) in [5.41, 5.74) is 0.907. The highest BCUT2D eigenvalue weighted by Gasteiger charge is 2.14. The van der Waals surface area contributed by atoms with Crippen LogP contribution < -0.4 is 5.32 Å². The first kappa shape index (κ1) is 13.6. The van der Waals surface area contributed by atoms with Crippen LogP contribution in [0.4, 0.5) is 0 Å². The van der Waals surface area contributed by atoms with Gasteiger partial charge in [-0.3, -0.25) is 0 Å². The van der Waals surface area contributed by atoms with E-state index in [0.717, 1.165) is 16.6 Å². The maximum atomic E-state index is 5.99. The van der Waals surface area contributed by atoms with Gasteiger partial charge in [0.15, 0.2) is 5.76 Å². The largest absolute Gasteiger partial charge is 0.439 e. The second-order valence-corrected chi connectivity index (χ2v) is 5.26. The van der Waals surface area contributed by atoms with Gasteiger partial charge >= 0.3 is 0 Å². The van der Waals surface area contributed by atoms with E-state index < -0.39 is 0 Å². The molecule has 2 rings (SSSR count). The van der Waals surface area contributed by atoms with Crippen LogP contribution in [0, 0.1) is 0 Å². The summed E-state index contributed by atoms with van der Waals surface area (Å²) < 4.78 is 6.69. The summed E-state index contributed by atoms with van der Waals surface area (Å²) in [6.07, 6.45) is 1.72. The summed E-state index contributed by atoms with van der Waals surface area (Å²) in [6, 6.07) is 5.68. The van der Waals surface area contributed by atoms with Crippen molar-refractivity contribution in [1.82, 2.24) is 10.3 Å². The molecule has 1 heterocycles. The molecule has 0 aliphatic carbocycles. The molecular weight excluding hydrogens is 316 g/mol. The zero-order chi connectivity index (χ0) is 13.1. The van der Waals surface area contributed by atoms with Crippen LogP contribution in [0.15, 0.2) is 33.3 Å². The Balaban J connectivity index is 2.32. The zero-order valence-electron chi connectivity index (χ0n) is 10.2. The number of nitrogens with one attached hydrogen (secondary N) is 1. The highest BCUT2D eigenvalue weighted by molar-refractivity contribution is 9.10. The number of oxazole rings is 1. The number of benzene rings is 1. The molecule has 18 heavy (non-hydrogen) atoms. The fourth-order valence-electron chi connectivity index (χ4n) is 1.69. The molecule has 2 aromatic rings. The lowest BCUT2D eigenvalue weighted by Gasteiger charge is -2.07. The highest BCUT2D eigenvalue weighted by Crippen LogP contribution is 2.32. The molecule has 0 bridgehead atoms. The predicted octanol–water partition coefficient (Wildman–Crippen LogP) is 4.43. The highest BCUT2D eigenvalue weighted by atomic mass is 79.9. The first-order valence-corrected chi connectivity index (χ1v) is 6.93. The third-order valence-corrected chi connectivity index (χ3v) is 3.52. The first-order chi connectivity index (χ1) is 8.61. The van der Waals surface area contributed by atoms with E-state index in [1.165, 1.54) is 0 Å². The average Bonchev–Trinajstić information content (AvgIpc) is 2.82. The van der Waals surface area contributed by atoms with E-state index in [0.29, 0.717) is 16.7 Å². The van der Waals surface area contributed by atoms with Crippen molar-refractivity contribution in [3.05, 3.63) is 39.8 Å². The quantitative estimate of drug-likeness (QED) is 0.902. The molecule has 0 saturated heterocycles. The Hall–Kier alpha value is -0.840. The third-order valence-electron chi connectivity index (χ3n) is 2.60. The van der Waals surface area contributed by atoms with Crippen LogP contribution in [0.5, 0.6) is 0 Å². The van der Waals surface area contributed by atoms with Crippen LogP contribution in [-0.4, -0.2) is 11.5 Å². The molecule has 1 aromatic carbocycles. The van der Waals surface area contributed by atoms with Crippen molar-refractivity contribution >= 4 is 27.5 Å². The van der Waals surface area contributed by atoms with E-state index in [9.17, 15) is 0 Å². The lowest BCUT2D eigenvalue weighted by molar-refractivity contribution is 0.429. The minimum absolute atomic E-state index is 0.0988. The van der Waals surface area contributed by atoms with E-state index in [2.05, 4.69) is 26.2 Å². The van der Waals surface area contributed by atoms with Gasteiger partial charge in [0.1, 0.15) is 0 Å². The Kier molecular flexibility index (Phi) is 4.43. The van der Waals surface area contributed by atoms with Crippen LogP contribution in [0.2, 0.25) is 5.02 Å². The summed E-state index contributed by atoms with van der Waals surface area (Å²) in [6.45, 7) is 4.94. The topological polar surface area (TPSA) is 38.1 Å². The molecule has 0 amide bonds. The number of halogens is 2.